The second-order valence-electron chi connectivity index (χ2n) is 16.0. The first kappa shape index (κ1) is 47.4. The fourth-order valence-corrected chi connectivity index (χ4v) is 6.17. The summed E-state index contributed by atoms with van der Waals surface area (Å²) in [6, 6.07) is 4.88. The maximum absolute atomic E-state index is 13.6. The number of benzene rings is 1. The lowest BCUT2D eigenvalue weighted by Gasteiger charge is -2.30. The number of nitrogens with two attached hydrogens (primary N) is 1. The van der Waals surface area contributed by atoms with E-state index in [0.717, 1.165) is 18.4 Å². The molecule has 5 atom stereocenters. The van der Waals surface area contributed by atoms with Gasteiger partial charge in [-0.2, -0.15) is 0 Å². The van der Waals surface area contributed by atoms with Crippen molar-refractivity contribution in [3.05, 3.63) is 35.9 Å². The third-order valence-electron chi connectivity index (χ3n) is 9.40. The molecular formula is C39H62N8O11. The minimum Gasteiger partial charge on any atom is -0.480 e. The van der Waals surface area contributed by atoms with Gasteiger partial charge in [0.05, 0.1) is 26.2 Å². The average Bonchev–Trinajstić information content (AvgIpc) is 3.92. The summed E-state index contributed by atoms with van der Waals surface area (Å²) in [6.07, 6.45) is 1.45. The van der Waals surface area contributed by atoms with Gasteiger partial charge in [-0.15, -0.1) is 0 Å². The number of carboxylic acids is 1. The highest BCUT2D eigenvalue weighted by atomic mass is 16.6. The number of nitrogens with zero attached hydrogens (tertiary/aromatic N) is 3. The van der Waals surface area contributed by atoms with Crippen LogP contribution in [0.3, 0.4) is 0 Å². The molecule has 2 aliphatic rings. The molecule has 0 aromatic heterocycles. The van der Waals surface area contributed by atoms with Crippen LogP contribution in [-0.4, -0.2) is 157 Å². The molecule has 5 unspecified atom stereocenters. The monoisotopic (exact) mass is 818 g/mol. The van der Waals surface area contributed by atoms with E-state index < -0.39 is 78.7 Å². The molecule has 1 aromatic carbocycles. The van der Waals surface area contributed by atoms with Gasteiger partial charge in [-0.05, 0) is 71.8 Å². The summed E-state index contributed by atoms with van der Waals surface area (Å²) in [7, 11) is 1.54. The first-order valence-electron chi connectivity index (χ1n) is 19.7. The van der Waals surface area contributed by atoms with E-state index in [4.69, 9.17) is 19.9 Å². The van der Waals surface area contributed by atoms with Crippen molar-refractivity contribution in [2.24, 2.45) is 11.7 Å². The highest BCUT2D eigenvalue weighted by Gasteiger charge is 2.42. The zero-order valence-electron chi connectivity index (χ0n) is 34.5. The predicted molar refractivity (Wildman–Crippen MR) is 211 cm³/mol. The van der Waals surface area contributed by atoms with E-state index in [9.17, 15) is 38.7 Å². The van der Waals surface area contributed by atoms with Crippen LogP contribution in [0.15, 0.2) is 30.3 Å². The number of aliphatic carboxylic acids is 1. The fraction of sp³-hybridized carbons (Fsp3) is 0.667. The second kappa shape index (κ2) is 22.8. The molecule has 6 amide bonds. The molecule has 324 valence electrons. The molecule has 0 bridgehead atoms. The lowest BCUT2D eigenvalue weighted by Crippen LogP contribution is -2.53. The fourth-order valence-electron chi connectivity index (χ4n) is 6.17. The smallest absolute Gasteiger partial charge is 0.407 e. The summed E-state index contributed by atoms with van der Waals surface area (Å²) in [5, 5.41) is 19.8. The SMILES string of the molecule is CC(CN(CC(=O)N(C)C1CC(C)N(CC(=O)NC(CNC(=O)OCc2ccccc2)C(=O)O)C1=O)CC1CC1)NC(=O)C(N)COCCCNC(=O)OC(C)(C)C. The van der Waals surface area contributed by atoms with Crippen LogP contribution in [0.4, 0.5) is 9.59 Å². The number of nitrogens with one attached hydrogen (secondary N) is 4. The molecule has 1 aliphatic heterocycles. The number of likely N-dealkylation sites (tertiary alicyclic amines) is 1. The molecule has 1 aromatic rings. The minimum atomic E-state index is -1.48. The van der Waals surface area contributed by atoms with Crippen LogP contribution in [-0.2, 0) is 44.8 Å². The molecule has 0 spiro atoms. The Morgan fingerprint density at radius 3 is 2.36 bits per heavy atom. The van der Waals surface area contributed by atoms with E-state index >= 15 is 0 Å². The summed E-state index contributed by atoms with van der Waals surface area (Å²) < 4.78 is 15.8. The molecule has 19 nitrogen and oxygen atoms in total. The molecule has 7 N–H and O–H groups in total. The molecule has 1 saturated carbocycles. The van der Waals surface area contributed by atoms with Crippen LogP contribution >= 0.6 is 0 Å². The van der Waals surface area contributed by atoms with Gasteiger partial charge in [-0.3, -0.25) is 24.1 Å². The Kier molecular flexibility index (Phi) is 18.6. The number of ether oxygens (including phenoxy) is 3. The highest BCUT2D eigenvalue weighted by Crippen LogP contribution is 2.30. The van der Waals surface area contributed by atoms with E-state index in [2.05, 4.69) is 21.3 Å². The van der Waals surface area contributed by atoms with Crippen molar-refractivity contribution in [2.45, 2.75) is 103 Å². The lowest BCUT2D eigenvalue weighted by molar-refractivity contribution is -0.144. The van der Waals surface area contributed by atoms with Crippen molar-refractivity contribution in [1.82, 2.24) is 36.0 Å². The van der Waals surface area contributed by atoms with Gasteiger partial charge in [0.15, 0.2) is 0 Å². The third-order valence-corrected chi connectivity index (χ3v) is 9.40. The Morgan fingerprint density at radius 1 is 1.03 bits per heavy atom. The van der Waals surface area contributed by atoms with Crippen molar-refractivity contribution in [3.8, 4) is 0 Å². The van der Waals surface area contributed by atoms with Crippen LogP contribution in [0, 0.1) is 5.92 Å². The number of rotatable bonds is 23. The zero-order chi connectivity index (χ0) is 43.0. The highest BCUT2D eigenvalue weighted by molar-refractivity contribution is 5.93. The van der Waals surface area contributed by atoms with Gasteiger partial charge in [0.1, 0.15) is 30.3 Å². The van der Waals surface area contributed by atoms with E-state index in [0.29, 0.717) is 32.0 Å². The normalized spacial score (nSPS) is 18.1. The third kappa shape index (κ3) is 17.2. The maximum atomic E-state index is 13.6. The summed E-state index contributed by atoms with van der Waals surface area (Å²) in [5.74, 6) is -2.87. The molecule has 3 rings (SSSR count). The van der Waals surface area contributed by atoms with Gasteiger partial charge < -0.3 is 56.1 Å². The van der Waals surface area contributed by atoms with Crippen molar-refractivity contribution in [3.63, 3.8) is 0 Å². The first-order chi connectivity index (χ1) is 27.3. The molecule has 0 radical (unpaired) electrons. The largest absolute Gasteiger partial charge is 0.480 e. The van der Waals surface area contributed by atoms with Crippen LogP contribution in [0.2, 0.25) is 0 Å². The van der Waals surface area contributed by atoms with Gasteiger partial charge in [-0.25, -0.2) is 14.4 Å². The molecule has 2 fully saturated rings. The number of carbonyl (C=O) groups excluding carboxylic acids is 6. The van der Waals surface area contributed by atoms with E-state index in [1.54, 1.807) is 52.0 Å². The Morgan fingerprint density at radius 2 is 1.72 bits per heavy atom. The molecule has 58 heavy (non-hydrogen) atoms. The Labute approximate surface area is 340 Å². The van der Waals surface area contributed by atoms with E-state index in [1.165, 1.54) is 16.8 Å². The van der Waals surface area contributed by atoms with Crippen molar-refractivity contribution in [2.75, 3.05) is 59.5 Å². The first-order valence-corrected chi connectivity index (χ1v) is 19.7. The maximum Gasteiger partial charge on any atom is 0.407 e. The van der Waals surface area contributed by atoms with Gasteiger partial charge in [0, 0.05) is 45.4 Å². The molecule has 1 saturated heterocycles. The Bertz CT molecular complexity index is 1560. The predicted octanol–water partition coefficient (Wildman–Crippen LogP) is 0.405. The second-order valence-corrected chi connectivity index (χ2v) is 16.0. The Hall–Kier alpha value is -5.01. The minimum absolute atomic E-state index is 0.000568. The number of likely N-dealkylation sites (N-methyl/N-ethyl adjacent to an activating group) is 1. The summed E-state index contributed by atoms with van der Waals surface area (Å²) >= 11 is 0. The van der Waals surface area contributed by atoms with Crippen molar-refractivity contribution in [1.29, 1.82) is 0 Å². The molecular weight excluding hydrogens is 756 g/mol. The summed E-state index contributed by atoms with van der Waals surface area (Å²) in [6.45, 7) is 9.57. The van der Waals surface area contributed by atoms with Gasteiger partial charge in [0.2, 0.25) is 23.6 Å². The number of carbonyl (C=O) groups is 7. The van der Waals surface area contributed by atoms with Gasteiger partial charge >= 0.3 is 18.2 Å². The lowest BCUT2D eigenvalue weighted by atomic mass is 10.1. The molecule has 1 aliphatic carbocycles. The van der Waals surface area contributed by atoms with Crippen LogP contribution in [0.1, 0.15) is 65.9 Å². The quantitative estimate of drug-likeness (QED) is 0.0820. The number of hydrogen-bond acceptors (Lipinski definition) is 12. The van der Waals surface area contributed by atoms with Gasteiger partial charge in [-0.1, -0.05) is 30.3 Å². The topological polar surface area (TPSA) is 251 Å². The molecule has 19 heteroatoms. The standard InChI is InChI=1S/C39H62N8O11/c1-25(43-34(50)29(40)24-56-16-10-15-41-38(55)58-39(3,4)5)19-46(20-27-13-14-27)22-33(49)45(6)31-17-26(2)47(35(31)51)21-32(48)44-30(36(52)53)18-42-37(54)57-23-28-11-8-7-9-12-28/h7-9,11-12,25-27,29-31H,10,13-24,40H2,1-6H3,(H,41,55)(H,42,54)(H,43,50)(H,44,48)(H,52,53). The van der Waals surface area contributed by atoms with Crippen LogP contribution in [0.25, 0.3) is 0 Å². The van der Waals surface area contributed by atoms with Crippen LogP contribution in [0.5, 0.6) is 0 Å². The average molecular weight is 819 g/mol. The Balaban J connectivity index is 1.43. The summed E-state index contributed by atoms with van der Waals surface area (Å²) in [5.41, 5.74) is 6.20. The van der Waals surface area contributed by atoms with Gasteiger partial charge in [0.25, 0.3) is 0 Å². The zero-order valence-corrected chi connectivity index (χ0v) is 34.5. The van der Waals surface area contributed by atoms with Crippen molar-refractivity contribution >= 4 is 41.8 Å². The number of carboxylic acid groups (broad SMARTS) is 1. The van der Waals surface area contributed by atoms with Crippen molar-refractivity contribution < 1.29 is 52.9 Å². The number of amides is 6. The summed E-state index contributed by atoms with van der Waals surface area (Å²) in [4.78, 5) is 93.2. The van der Waals surface area contributed by atoms with E-state index in [1.807, 2.05) is 17.9 Å². The number of hydrogen-bond donors (Lipinski definition) is 6. The van der Waals surface area contributed by atoms with Crippen LogP contribution < -0.4 is 27.0 Å². The number of alkyl carbamates (subject to hydrolysis) is 2. The molecule has 1 heterocycles. The van der Waals surface area contributed by atoms with E-state index in [-0.39, 0.29) is 44.7 Å².